The monoisotopic (exact) mass is 482 g/mol. The van der Waals surface area contributed by atoms with Gasteiger partial charge < -0.3 is 20.1 Å². The van der Waals surface area contributed by atoms with Gasteiger partial charge in [-0.2, -0.15) is 0 Å². The maximum atomic E-state index is 12.4. The van der Waals surface area contributed by atoms with Crippen LogP contribution in [0.1, 0.15) is 5.56 Å². The quantitative estimate of drug-likeness (QED) is 0.300. The first-order valence-corrected chi connectivity index (χ1v) is 11.3. The van der Waals surface area contributed by atoms with Gasteiger partial charge in [0.1, 0.15) is 11.5 Å². The molecule has 0 heterocycles. The van der Waals surface area contributed by atoms with E-state index in [1.807, 2.05) is 42.5 Å². The number of amides is 2. The van der Waals surface area contributed by atoms with E-state index in [4.69, 9.17) is 21.1 Å². The first kappa shape index (κ1) is 24.2. The van der Waals surface area contributed by atoms with Crippen molar-refractivity contribution in [3.8, 4) is 11.5 Å². The molecule has 0 spiro atoms. The lowest BCUT2D eigenvalue weighted by Crippen LogP contribution is -2.14. The van der Waals surface area contributed by atoms with Crippen molar-refractivity contribution in [3.63, 3.8) is 0 Å². The van der Waals surface area contributed by atoms with Crippen molar-refractivity contribution in [1.82, 2.24) is 0 Å². The maximum Gasteiger partial charge on any atom is 0.248 e. The summed E-state index contributed by atoms with van der Waals surface area (Å²) < 4.78 is 10.5. The number of hydrogen-bond donors (Lipinski definition) is 2. The van der Waals surface area contributed by atoms with Crippen LogP contribution < -0.4 is 20.1 Å². The highest BCUT2D eigenvalue weighted by molar-refractivity contribution is 8.00. The highest BCUT2D eigenvalue weighted by atomic mass is 35.5. The summed E-state index contributed by atoms with van der Waals surface area (Å²) in [4.78, 5) is 25.4. The van der Waals surface area contributed by atoms with Gasteiger partial charge in [0.15, 0.2) is 0 Å². The molecule has 0 aliphatic heterocycles. The van der Waals surface area contributed by atoms with Gasteiger partial charge >= 0.3 is 0 Å². The number of hydrogen-bond acceptors (Lipinski definition) is 5. The Morgan fingerprint density at radius 1 is 0.939 bits per heavy atom. The van der Waals surface area contributed by atoms with Crippen molar-refractivity contribution in [1.29, 1.82) is 0 Å². The maximum absolute atomic E-state index is 12.4. The molecule has 0 aromatic heterocycles. The Labute approximate surface area is 201 Å². The highest BCUT2D eigenvalue weighted by Crippen LogP contribution is 2.36. The van der Waals surface area contributed by atoms with E-state index in [0.717, 1.165) is 10.5 Å². The van der Waals surface area contributed by atoms with Crippen molar-refractivity contribution >= 4 is 52.6 Å². The summed E-state index contributed by atoms with van der Waals surface area (Å²) in [6, 6.07) is 20.1. The second-order valence-corrected chi connectivity index (χ2v) is 8.24. The van der Waals surface area contributed by atoms with Gasteiger partial charge in [0.2, 0.25) is 11.8 Å². The number of thioether (sulfide) groups is 1. The Bertz CT molecular complexity index is 1140. The van der Waals surface area contributed by atoms with E-state index in [0.29, 0.717) is 27.9 Å². The molecule has 0 aliphatic rings. The fraction of sp³-hybridized carbons (Fsp3) is 0.120. The number of benzene rings is 3. The Hall–Kier alpha value is -3.42. The Morgan fingerprint density at radius 2 is 1.64 bits per heavy atom. The molecule has 2 amide bonds. The van der Waals surface area contributed by atoms with E-state index in [-0.39, 0.29) is 17.6 Å². The van der Waals surface area contributed by atoms with E-state index in [1.54, 1.807) is 30.3 Å². The SMILES string of the molecule is COc1cc(OC)c(NC(=O)CSc2ccc(NC(=O)/C=C/c3ccccc3)cc2)cc1Cl. The van der Waals surface area contributed by atoms with Crippen LogP contribution in [0, 0.1) is 0 Å². The van der Waals surface area contributed by atoms with Crippen LogP contribution >= 0.6 is 23.4 Å². The fourth-order valence-electron chi connectivity index (χ4n) is 2.85. The third kappa shape index (κ3) is 7.30. The topological polar surface area (TPSA) is 76.7 Å². The van der Waals surface area contributed by atoms with Crippen LogP contribution in [0.4, 0.5) is 11.4 Å². The molecule has 0 atom stereocenters. The van der Waals surface area contributed by atoms with Crippen molar-refractivity contribution in [2.24, 2.45) is 0 Å². The number of halogens is 1. The smallest absolute Gasteiger partial charge is 0.248 e. The van der Waals surface area contributed by atoms with E-state index in [9.17, 15) is 9.59 Å². The second-order valence-electron chi connectivity index (χ2n) is 6.78. The van der Waals surface area contributed by atoms with Gasteiger partial charge in [-0.05, 0) is 42.0 Å². The Morgan fingerprint density at radius 3 is 2.30 bits per heavy atom. The lowest BCUT2D eigenvalue weighted by atomic mass is 10.2. The van der Waals surface area contributed by atoms with Gasteiger partial charge in [0, 0.05) is 22.7 Å². The van der Waals surface area contributed by atoms with Crippen LogP contribution in [0.15, 0.2) is 77.7 Å². The molecule has 170 valence electrons. The highest BCUT2D eigenvalue weighted by Gasteiger charge is 2.13. The molecule has 6 nitrogen and oxygen atoms in total. The van der Waals surface area contributed by atoms with Gasteiger partial charge in [-0.3, -0.25) is 9.59 Å². The van der Waals surface area contributed by atoms with Gasteiger partial charge in [-0.15, -0.1) is 11.8 Å². The summed E-state index contributed by atoms with van der Waals surface area (Å²) in [6.07, 6.45) is 3.24. The average molecular weight is 483 g/mol. The third-order valence-corrected chi connectivity index (χ3v) is 5.77. The van der Waals surface area contributed by atoms with Crippen molar-refractivity contribution < 1.29 is 19.1 Å². The molecule has 0 radical (unpaired) electrons. The summed E-state index contributed by atoms with van der Waals surface area (Å²) in [5.41, 5.74) is 2.09. The number of rotatable bonds is 9. The third-order valence-electron chi connectivity index (χ3n) is 4.47. The van der Waals surface area contributed by atoms with E-state index >= 15 is 0 Å². The normalized spacial score (nSPS) is 10.6. The summed E-state index contributed by atoms with van der Waals surface area (Å²) >= 11 is 7.52. The zero-order valence-electron chi connectivity index (χ0n) is 18.1. The van der Waals surface area contributed by atoms with Crippen LogP contribution in [0.3, 0.4) is 0 Å². The number of nitrogens with one attached hydrogen (secondary N) is 2. The van der Waals surface area contributed by atoms with Gasteiger partial charge in [0.05, 0.1) is 30.7 Å². The van der Waals surface area contributed by atoms with Crippen LogP contribution in [0.2, 0.25) is 5.02 Å². The molecule has 0 bridgehead atoms. The molecule has 0 saturated heterocycles. The predicted molar refractivity (Wildman–Crippen MR) is 134 cm³/mol. The summed E-state index contributed by atoms with van der Waals surface area (Å²) in [5.74, 6) is 0.687. The average Bonchev–Trinajstić information content (AvgIpc) is 2.83. The van der Waals surface area contributed by atoms with Crippen LogP contribution in [0.5, 0.6) is 11.5 Å². The zero-order valence-corrected chi connectivity index (χ0v) is 19.7. The van der Waals surface area contributed by atoms with Crippen LogP contribution in [-0.4, -0.2) is 31.8 Å². The standard InChI is InChI=1S/C25H23ClN2O4S/c1-31-22-15-23(32-2)21(14-20(22)26)28-25(30)16-33-19-11-9-18(10-12-19)27-24(29)13-8-17-6-4-3-5-7-17/h3-15H,16H2,1-2H3,(H,27,29)(H,28,30)/b13-8+. The summed E-state index contributed by atoms with van der Waals surface area (Å²) in [6.45, 7) is 0. The summed E-state index contributed by atoms with van der Waals surface area (Å²) in [5, 5.41) is 5.99. The van der Waals surface area contributed by atoms with Crippen LogP contribution in [0.25, 0.3) is 6.08 Å². The van der Waals surface area contributed by atoms with Gasteiger partial charge in [-0.25, -0.2) is 0 Å². The van der Waals surface area contributed by atoms with E-state index in [1.165, 1.54) is 32.1 Å². The number of methoxy groups -OCH3 is 2. The first-order chi connectivity index (χ1) is 16.0. The van der Waals surface area contributed by atoms with E-state index < -0.39 is 0 Å². The lowest BCUT2D eigenvalue weighted by Gasteiger charge is -2.13. The molecule has 3 aromatic carbocycles. The number of carbonyl (C=O) groups excluding carboxylic acids is 2. The molecule has 33 heavy (non-hydrogen) atoms. The fourth-order valence-corrected chi connectivity index (χ4v) is 3.79. The van der Waals surface area contributed by atoms with E-state index in [2.05, 4.69) is 10.6 Å². The van der Waals surface area contributed by atoms with Crippen LogP contribution in [-0.2, 0) is 9.59 Å². The first-order valence-electron chi connectivity index (χ1n) is 9.97. The number of carbonyl (C=O) groups is 2. The molecule has 3 aromatic rings. The zero-order chi connectivity index (χ0) is 23.6. The predicted octanol–water partition coefficient (Wildman–Crippen LogP) is 5.74. The van der Waals surface area contributed by atoms with Crippen molar-refractivity contribution in [2.45, 2.75) is 4.90 Å². The minimum absolute atomic E-state index is 0.193. The minimum atomic E-state index is -0.217. The minimum Gasteiger partial charge on any atom is -0.495 e. The molecule has 8 heteroatoms. The molecule has 0 unspecified atom stereocenters. The lowest BCUT2D eigenvalue weighted by molar-refractivity contribution is -0.114. The van der Waals surface area contributed by atoms with Crippen molar-refractivity contribution in [2.75, 3.05) is 30.6 Å². The largest absolute Gasteiger partial charge is 0.495 e. The molecule has 2 N–H and O–H groups in total. The molecule has 0 saturated carbocycles. The Kier molecular flexibility index (Phi) is 8.80. The second kappa shape index (κ2) is 12.0. The van der Waals surface area contributed by atoms with Gasteiger partial charge in [0.25, 0.3) is 0 Å². The molecular weight excluding hydrogens is 460 g/mol. The number of ether oxygens (including phenoxy) is 2. The molecule has 0 fully saturated rings. The van der Waals surface area contributed by atoms with Gasteiger partial charge in [-0.1, -0.05) is 41.9 Å². The Balaban J connectivity index is 1.51. The van der Waals surface area contributed by atoms with Crippen molar-refractivity contribution in [3.05, 3.63) is 83.4 Å². The number of anilines is 2. The molecular formula is C25H23ClN2O4S. The summed E-state index contributed by atoms with van der Waals surface area (Å²) in [7, 11) is 3.01. The molecule has 3 rings (SSSR count). The molecule has 0 aliphatic carbocycles.